The Kier molecular flexibility index (Phi) is 8.88. The minimum absolute atomic E-state index is 0.0543. The zero-order valence-corrected chi connectivity index (χ0v) is 21.1. The lowest BCUT2D eigenvalue weighted by molar-refractivity contribution is -0.137. The van der Waals surface area contributed by atoms with E-state index in [4.69, 9.17) is 16.3 Å². The molecule has 192 valence electrons. The minimum Gasteiger partial charge on any atom is -0.492 e. The van der Waals surface area contributed by atoms with Crippen LogP contribution in [0.1, 0.15) is 35.7 Å². The number of ether oxygens (including phenoxy) is 1. The first-order valence-electron chi connectivity index (χ1n) is 12.2. The molecule has 0 saturated carbocycles. The molecule has 0 N–H and O–H groups in total. The van der Waals surface area contributed by atoms with Gasteiger partial charge < -0.3 is 4.74 Å². The van der Waals surface area contributed by atoms with Crippen LogP contribution in [0, 0.1) is 5.92 Å². The molecule has 0 bridgehead atoms. The van der Waals surface area contributed by atoms with Crippen LogP contribution in [-0.2, 0) is 6.18 Å². The molecule has 4 rings (SSSR count). The molecule has 1 aromatic heterocycles. The zero-order chi connectivity index (χ0) is 25.5. The number of alkyl halides is 3. The molecule has 8 heteroatoms. The second-order valence-corrected chi connectivity index (χ2v) is 9.74. The number of aromatic nitrogens is 1. The average molecular weight is 518 g/mol. The van der Waals surface area contributed by atoms with Gasteiger partial charge in [0, 0.05) is 24.3 Å². The summed E-state index contributed by atoms with van der Waals surface area (Å²) in [5.41, 5.74) is 1.52. The summed E-state index contributed by atoms with van der Waals surface area (Å²) in [5.74, 6) is 1.03. The summed E-state index contributed by atoms with van der Waals surface area (Å²) in [5, 5.41) is 0.718. The SMILES string of the molecule is CN(CC1CCN(CCOc2ccc(C(F)(F)F)cc2)CC1)[C@@H](c1ccc(Cl)cc1)c1ccccn1. The number of pyridine rings is 1. The predicted molar refractivity (Wildman–Crippen MR) is 136 cm³/mol. The van der Waals surface area contributed by atoms with E-state index in [-0.39, 0.29) is 6.04 Å². The number of nitrogens with zero attached hydrogens (tertiary/aromatic N) is 3. The third-order valence-corrected chi connectivity index (χ3v) is 6.96. The Morgan fingerprint density at radius 1 is 1.03 bits per heavy atom. The van der Waals surface area contributed by atoms with E-state index in [0.29, 0.717) is 18.3 Å². The summed E-state index contributed by atoms with van der Waals surface area (Å²) in [4.78, 5) is 9.36. The van der Waals surface area contributed by atoms with Crippen LogP contribution in [0.15, 0.2) is 72.9 Å². The minimum atomic E-state index is -4.33. The van der Waals surface area contributed by atoms with Gasteiger partial charge >= 0.3 is 6.18 Å². The van der Waals surface area contributed by atoms with Crippen molar-refractivity contribution in [2.45, 2.75) is 25.1 Å². The molecule has 4 nitrogen and oxygen atoms in total. The van der Waals surface area contributed by atoms with Crippen LogP contribution >= 0.6 is 11.6 Å². The molecule has 0 aliphatic carbocycles. The van der Waals surface area contributed by atoms with Crippen molar-refractivity contribution in [1.82, 2.24) is 14.8 Å². The first-order valence-corrected chi connectivity index (χ1v) is 12.6. The summed E-state index contributed by atoms with van der Waals surface area (Å²) in [6.45, 7) is 4.12. The van der Waals surface area contributed by atoms with Gasteiger partial charge in [-0.15, -0.1) is 0 Å². The molecule has 1 aliphatic rings. The standard InChI is InChI=1S/C28H31ClF3N3O/c1-34(27(26-4-2-3-15-33-26)22-5-9-24(29)10-6-22)20-21-13-16-35(17-14-21)18-19-36-25-11-7-23(8-12-25)28(30,31)32/h2-12,15,21,27H,13-14,16-20H2,1H3/t27-/m0/s1. The lowest BCUT2D eigenvalue weighted by atomic mass is 9.94. The zero-order valence-electron chi connectivity index (χ0n) is 20.3. The number of likely N-dealkylation sites (tertiary alicyclic amines) is 1. The van der Waals surface area contributed by atoms with E-state index in [1.54, 1.807) is 0 Å². The predicted octanol–water partition coefficient (Wildman–Crippen LogP) is 6.57. The molecule has 3 aromatic rings. The monoisotopic (exact) mass is 517 g/mol. The fourth-order valence-electron chi connectivity index (χ4n) is 4.77. The molecule has 1 aliphatic heterocycles. The van der Waals surface area contributed by atoms with E-state index >= 15 is 0 Å². The normalized spacial score (nSPS) is 16.3. The largest absolute Gasteiger partial charge is 0.492 e. The molecular weight excluding hydrogens is 487 g/mol. The maximum atomic E-state index is 12.7. The molecular formula is C28H31ClF3N3O. The Morgan fingerprint density at radius 2 is 1.72 bits per heavy atom. The number of hydrogen-bond donors (Lipinski definition) is 0. The van der Waals surface area contributed by atoms with Crippen molar-refractivity contribution < 1.29 is 17.9 Å². The second kappa shape index (κ2) is 12.1. The van der Waals surface area contributed by atoms with Crippen LogP contribution in [0.4, 0.5) is 13.2 Å². The van der Waals surface area contributed by atoms with E-state index in [9.17, 15) is 13.2 Å². The molecule has 2 aromatic carbocycles. The third kappa shape index (κ3) is 7.21. The smallest absolute Gasteiger partial charge is 0.416 e. The Balaban J connectivity index is 1.26. The molecule has 1 atom stereocenters. The molecule has 0 spiro atoms. The molecule has 0 radical (unpaired) electrons. The van der Waals surface area contributed by atoms with Crippen LogP contribution in [0.2, 0.25) is 5.02 Å². The van der Waals surface area contributed by atoms with Crippen molar-refractivity contribution in [2.24, 2.45) is 5.92 Å². The van der Waals surface area contributed by atoms with Gasteiger partial charge in [0.15, 0.2) is 0 Å². The lowest BCUT2D eigenvalue weighted by Crippen LogP contribution is -2.40. The Hall–Kier alpha value is -2.61. The van der Waals surface area contributed by atoms with Gasteiger partial charge in [0.25, 0.3) is 0 Å². The van der Waals surface area contributed by atoms with Gasteiger partial charge in [-0.1, -0.05) is 29.8 Å². The highest BCUT2D eigenvalue weighted by Crippen LogP contribution is 2.31. The van der Waals surface area contributed by atoms with Gasteiger partial charge in [-0.3, -0.25) is 14.8 Å². The summed E-state index contributed by atoms with van der Waals surface area (Å²) in [6, 6.07) is 18.9. The second-order valence-electron chi connectivity index (χ2n) is 9.30. The van der Waals surface area contributed by atoms with Crippen LogP contribution in [-0.4, -0.2) is 54.6 Å². The fourth-order valence-corrected chi connectivity index (χ4v) is 4.90. The van der Waals surface area contributed by atoms with Crippen LogP contribution in [0.25, 0.3) is 0 Å². The summed E-state index contributed by atoms with van der Waals surface area (Å²) in [7, 11) is 2.15. The van der Waals surface area contributed by atoms with E-state index in [1.165, 1.54) is 17.7 Å². The maximum absolute atomic E-state index is 12.7. The van der Waals surface area contributed by atoms with Crippen molar-refractivity contribution in [1.29, 1.82) is 0 Å². The number of benzene rings is 2. The lowest BCUT2D eigenvalue weighted by Gasteiger charge is -2.36. The quantitative estimate of drug-likeness (QED) is 0.321. The molecule has 0 unspecified atom stereocenters. The number of rotatable bonds is 9. The first kappa shape index (κ1) is 26.5. The van der Waals surface area contributed by atoms with E-state index in [0.717, 1.165) is 61.9 Å². The van der Waals surface area contributed by atoms with Crippen molar-refractivity contribution in [3.05, 3.63) is 94.8 Å². The first-order chi connectivity index (χ1) is 17.3. The van der Waals surface area contributed by atoms with Gasteiger partial charge in [-0.05, 0) is 93.0 Å². The topological polar surface area (TPSA) is 28.6 Å². The molecule has 1 saturated heterocycles. The van der Waals surface area contributed by atoms with Gasteiger partial charge in [0.05, 0.1) is 17.3 Å². The molecule has 1 fully saturated rings. The van der Waals surface area contributed by atoms with Gasteiger partial charge in [-0.2, -0.15) is 13.2 Å². The molecule has 36 heavy (non-hydrogen) atoms. The van der Waals surface area contributed by atoms with Crippen molar-refractivity contribution >= 4 is 11.6 Å². The van der Waals surface area contributed by atoms with E-state index < -0.39 is 11.7 Å². The maximum Gasteiger partial charge on any atom is 0.416 e. The molecule has 2 heterocycles. The highest BCUT2D eigenvalue weighted by Gasteiger charge is 2.30. The Bertz CT molecular complexity index is 1070. The van der Waals surface area contributed by atoms with Crippen LogP contribution < -0.4 is 4.74 Å². The molecule has 0 amide bonds. The summed E-state index contributed by atoms with van der Waals surface area (Å²) >= 11 is 6.12. The van der Waals surface area contributed by atoms with Crippen LogP contribution in [0.5, 0.6) is 5.75 Å². The van der Waals surface area contributed by atoms with Gasteiger partial charge in [-0.25, -0.2) is 0 Å². The number of halogens is 4. The number of piperidine rings is 1. The van der Waals surface area contributed by atoms with Crippen molar-refractivity contribution in [2.75, 3.05) is 39.8 Å². The van der Waals surface area contributed by atoms with E-state index in [2.05, 4.69) is 40.0 Å². The van der Waals surface area contributed by atoms with Crippen molar-refractivity contribution in [3.63, 3.8) is 0 Å². The fraction of sp³-hybridized carbons (Fsp3) is 0.393. The Labute approximate surface area is 215 Å². The summed E-state index contributed by atoms with van der Waals surface area (Å²) in [6.07, 6.45) is -0.332. The highest BCUT2D eigenvalue weighted by atomic mass is 35.5. The van der Waals surface area contributed by atoms with Crippen molar-refractivity contribution in [3.8, 4) is 5.75 Å². The van der Waals surface area contributed by atoms with Crippen LogP contribution in [0.3, 0.4) is 0 Å². The average Bonchev–Trinajstić information content (AvgIpc) is 2.87. The van der Waals surface area contributed by atoms with E-state index in [1.807, 2.05) is 30.5 Å². The van der Waals surface area contributed by atoms with Gasteiger partial charge in [0.1, 0.15) is 12.4 Å². The van der Waals surface area contributed by atoms with Gasteiger partial charge in [0.2, 0.25) is 0 Å². The highest BCUT2D eigenvalue weighted by molar-refractivity contribution is 6.30. The third-order valence-electron chi connectivity index (χ3n) is 6.71. The Morgan fingerprint density at radius 3 is 2.33 bits per heavy atom. The number of hydrogen-bond acceptors (Lipinski definition) is 4. The summed E-state index contributed by atoms with van der Waals surface area (Å²) < 4.78 is 43.8.